The molecule has 6 nitrogen and oxygen atoms in total. The number of ether oxygens (including phenoxy) is 2. The molecule has 1 atom stereocenters. The molecule has 2 aliphatic rings. The number of benzene rings is 1. The Morgan fingerprint density at radius 2 is 1.54 bits per heavy atom. The van der Waals surface area contributed by atoms with E-state index >= 15 is 0 Å². The Labute approximate surface area is 167 Å². The van der Waals surface area contributed by atoms with Crippen molar-refractivity contribution in [2.24, 2.45) is 11.8 Å². The highest BCUT2D eigenvalue weighted by molar-refractivity contribution is 5.68. The van der Waals surface area contributed by atoms with Crippen LogP contribution in [0.2, 0.25) is 0 Å². The molecule has 2 amide bonds. The van der Waals surface area contributed by atoms with Gasteiger partial charge in [-0.05, 0) is 57.4 Å². The van der Waals surface area contributed by atoms with Gasteiger partial charge < -0.3 is 19.3 Å². The topological polar surface area (TPSA) is 59.1 Å². The van der Waals surface area contributed by atoms with E-state index in [9.17, 15) is 9.59 Å². The van der Waals surface area contributed by atoms with Crippen LogP contribution in [0.5, 0.6) is 0 Å². The van der Waals surface area contributed by atoms with Crippen molar-refractivity contribution in [2.75, 3.05) is 26.2 Å². The van der Waals surface area contributed by atoms with Crippen molar-refractivity contribution < 1.29 is 19.1 Å². The smallest absolute Gasteiger partial charge is 0.410 e. The van der Waals surface area contributed by atoms with Crippen molar-refractivity contribution in [3.63, 3.8) is 0 Å². The molecular formula is C22H32N2O4. The molecule has 1 aromatic rings. The van der Waals surface area contributed by atoms with Crippen LogP contribution in [0.3, 0.4) is 0 Å². The molecule has 0 bridgehead atoms. The molecule has 0 radical (unpaired) electrons. The lowest BCUT2D eigenvalue weighted by atomic mass is 9.84. The average molecular weight is 389 g/mol. The predicted molar refractivity (Wildman–Crippen MR) is 107 cm³/mol. The number of carbonyl (C=O) groups is 2. The predicted octanol–water partition coefficient (Wildman–Crippen LogP) is 4.29. The summed E-state index contributed by atoms with van der Waals surface area (Å²) in [5.74, 6) is 1.04. The summed E-state index contributed by atoms with van der Waals surface area (Å²) in [7, 11) is 0. The maximum Gasteiger partial charge on any atom is 0.410 e. The molecule has 2 aliphatic heterocycles. The fraction of sp³-hybridized carbons (Fsp3) is 0.636. The molecule has 0 saturated carbocycles. The molecule has 2 fully saturated rings. The first-order valence-corrected chi connectivity index (χ1v) is 10.3. The van der Waals surface area contributed by atoms with Gasteiger partial charge in [-0.25, -0.2) is 9.59 Å². The Hall–Kier alpha value is -2.24. The van der Waals surface area contributed by atoms with Crippen LogP contribution < -0.4 is 0 Å². The monoisotopic (exact) mass is 388 g/mol. The third-order valence-electron chi connectivity index (χ3n) is 5.55. The van der Waals surface area contributed by atoms with E-state index in [0.717, 1.165) is 51.0 Å². The molecule has 0 N–H and O–H groups in total. The molecule has 1 aromatic carbocycles. The number of nitrogens with zero attached hydrogens (tertiary/aromatic N) is 2. The first-order chi connectivity index (χ1) is 13.3. The minimum atomic E-state index is -0.458. The van der Waals surface area contributed by atoms with E-state index in [4.69, 9.17) is 9.47 Å². The number of rotatable bonds is 3. The van der Waals surface area contributed by atoms with Crippen LogP contribution in [-0.2, 0) is 16.1 Å². The molecule has 0 aliphatic carbocycles. The van der Waals surface area contributed by atoms with Crippen molar-refractivity contribution >= 4 is 12.2 Å². The molecule has 0 spiro atoms. The summed E-state index contributed by atoms with van der Waals surface area (Å²) in [6, 6.07) is 9.74. The van der Waals surface area contributed by atoms with Crippen molar-refractivity contribution in [3.05, 3.63) is 35.9 Å². The number of carbonyl (C=O) groups excluding carboxylic acids is 2. The van der Waals surface area contributed by atoms with E-state index < -0.39 is 5.60 Å². The molecular weight excluding hydrogens is 356 g/mol. The van der Waals surface area contributed by atoms with Gasteiger partial charge >= 0.3 is 12.2 Å². The summed E-state index contributed by atoms with van der Waals surface area (Å²) in [6.45, 7) is 8.97. The zero-order valence-corrected chi connectivity index (χ0v) is 17.2. The molecule has 3 rings (SSSR count). The lowest BCUT2D eigenvalue weighted by Crippen LogP contribution is -2.41. The summed E-state index contributed by atoms with van der Waals surface area (Å²) >= 11 is 0. The number of amides is 2. The van der Waals surface area contributed by atoms with Crippen LogP contribution in [0.1, 0.15) is 45.6 Å². The molecule has 28 heavy (non-hydrogen) atoms. The van der Waals surface area contributed by atoms with E-state index in [1.165, 1.54) is 0 Å². The fourth-order valence-electron chi connectivity index (χ4n) is 4.03. The standard InChI is InChI=1S/C22H32N2O4/c1-22(2,3)28-21(26)24-14-11-19(15-24)18-9-12-23(13-10-18)20(25)27-16-17-7-5-4-6-8-17/h4-8,18-19H,9-16H2,1-3H3. The van der Waals surface area contributed by atoms with E-state index in [-0.39, 0.29) is 12.2 Å². The van der Waals surface area contributed by atoms with Gasteiger partial charge in [0.25, 0.3) is 0 Å². The van der Waals surface area contributed by atoms with Crippen molar-refractivity contribution in [3.8, 4) is 0 Å². The van der Waals surface area contributed by atoms with Gasteiger partial charge in [-0.1, -0.05) is 30.3 Å². The largest absolute Gasteiger partial charge is 0.445 e. The van der Waals surface area contributed by atoms with E-state index in [1.807, 2.05) is 56.0 Å². The van der Waals surface area contributed by atoms with Crippen molar-refractivity contribution in [1.82, 2.24) is 9.80 Å². The first kappa shape index (κ1) is 20.5. The third-order valence-corrected chi connectivity index (χ3v) is 5.55. The maximum absolute atomic E-state index is 12.3. The summed E-state index contributed by atoms with van der Waals surface area (Å²) in [5.41, 5.74) is 0.541. The Morgan fingerprint density at radius 1 is 0.929 bits per heavy atom. The maximum atomic E-state index is 12.3. The number of hydrogen-bond donors (Lipinski definition) is 0. The van der Waals surface area contributed by atoms with Crippen LogP contribution in [0.15, 0.2) is 30.3 Å². The van der Waals surface area contributed by atoms with Gasteiger partial charge in [0.05, 0.1) is 0 Å². The second kappa shape index (κ2) is 8.84. The second-order valence-electron chi connectivity index (χ2n) is 8.84. The molecule has 6 heteroatoms. The van der Waals surface area contributed by atoms with E-state index in [0.29, 0.717) is 18.4 Å². The third kappa shape index (κ3) is 5.63. The van der Waals surface area contributed by atoms with Crippen LogP contribution in [0, 0.1) is 11.8 Å². The van der Waals surface area contributed by atoms with E-state index in [2.05, 4.69) is 0 Å². The van der Waals surface area contributed by atoms with Crippen LogP contribution in [-0.4, -0.2) is 53.8 Å². The van der Waals surface area contributed by atoms with Gasteiger partial charge in [-0.3, -0.25) is 0 Å². The summed E-state index contributed by atoms with van der Waals surface area (Å²) in [6.07, 6.45) is 2.50. The van der Waals surface area contributed by atoms with Gasteiger partial charge in [-0.2, -0.15) is 0 Å². The Morgan fingerprint density at radius 3 is 2.18 bits per heavy atom. The summed E-state index contributed by atoms with van der Waals surface area (Å²) < 4.78 is 10.9. The Bertz CT molecular complexity index is 663. The first-order valence-electron chi connectivity index (χ1n) is 10.3. The lowest BCUT2D eigenvalue weighted by molar-refractivity contribution is 0.0278. The average Bonchev–Trinajstić information content (AvgIpc) is 3.16. The fourth-order valence-corrected chi connectivity index (χ4v) is 4.03. The lowest BCUT2D eigenvalue weighted by Gasteiger charge is -2.34. The Balaban J connectivity index is 1.40. The molecule has 154 valence electrons. The van der Waals surface area contributed by atoms with Crippen LogP contribution in [0.4, 0.5) is 9.59 Å². The number of piperidine rings is 1. The molecule has 2 saturated heterocycles. The summed E-state index contributed by atoms with van der Waals surface area (Å²) in [5, 5.41) is 0. The van der Waals surface area contributed by atoms with Crippen LogP contribution in [0.25, 0.3) is 0 Å². The minimum Gasteiger partial charge on any atom is -0.445 e. The van der Waals surface area contributed by atoms with Gasteiger partial charge in [0, 0.05) is 26.2 Å². The van der Waals surface area contributed by atoms with E-state index in [1.54, 1.807) is 4.90 Å². The van der Waals surface area contributed by atoms with Gasteiger partial charge in [-0.15, -0.1) is 0 Å². The molecule has 0 aromatic heterocycles. The minimum absolute atomic E-state index is 0.211. The Kier molecular flexibility index (Phi) is 6.47. The van der Waals surface area contributed by atoms with Crippen molar-refractivity contribution in [2.45, 2.75) is 52.2 Å². The highest BCUT2D eigenvalue weighted by Crippen LogP contribution is 2.32. The molecule has 2 heterocycles. The zero-order chi connectivity index (χ0) is 20.1. The SMILES string of the molecule is CC(C)(C)OC(=O)N1CCC(C2CCN(C(=O)OCc3ccccc3)CC2)C1. The highest BCUT2D eigenvalue weighted by Gasteiger charge is 2.36. The number of likely N-dealkylation sites (tertiary alicyclic amines) is 2. The second-order valence-corrected chi connectivity index (χ2v) is 8.84. The zero-order valence-electron chi connectivity index (χ0n) is 17.2. The number of hydrogen-bond acceptors (Lipinski definition) is 4. The summed E-state index contributed by atoms with van der Waals surface area (Å²) in [4.78, 5) is 28.2. The van der Waals surface area contributed by atoms with Gasteiger partial charge in [0.15, 0.2) is 0 Å². The highest BCUT2D eigenvalue weighted by atomic mass is 16.6. The molecule has 1 unspecified atom stereocenters. The quantitative estimate of drug-likeness (QED) is 0.775. The van der Waals surface area contributed by atoms with Crippen molar-refractivity contribution in [1.29, 1.82) is 0 Å². The normalized spacial score (nSPS) is 20.9. The van der Waals surface area contributed by atoms with Gasteiger partial charge in [0.1, 0.15) is 12.2 Å². The van der Waals surface area contributed by atoms with Gasteiger partial charge in [0.2, 0.25) is 0 Å². The van der Waals surface area contributed by atoms with Crippen LogP contribution >= 0.6 is 0 Å².